The van der Waals surface area contributed by atoms with E-state index in [1.807, 2.05) is 0 Å². The van der Waals surface area contributed by atoms with Gasteiger partial charge in [-0.25, -0.2) is 4.39 Å². The quantitative estimate of drug-likeness (QED) is 0.675. The second-order valence-corrected chi connectivity index (χ2v) is 3.65. The van der Waals surface area contributed by atoms with Crippen molar-refractivity contribution in [3.8, 4) is 5.75 Å². The summed E-state index contributed by atoms with van der Waals surface area (Å²) in [6.45, 7) is 0. The van der Waals surface area contributed by atoms with Gasteiger partial charge in [0.15, 0.2) is 11.6 Å². The lowest BCUT2D eigenvalue weighted by atomic mass is 10.1. The summed E-state index contributed by atoms with van der Waals surface area (Å²) in [6, 6.07) is 1.81. The summed E-state index contributed by atoms with van der Waals surface area (Å²) in [5, 5.41) is 0. The lowest BCUT2D eigenvalue weighted by molar-refractivity contribution is -0.275. The molecule has 0 bridgehead atoms. The van der Waals surface area contributed by atoms with Crippen LogP contribution >= 0.6 is 0 Å². The molecule has 19 heavy (non-hydrogen) atoms. The Kier molecular flexibility index (Phi) is 4.71. The molecule has 0 fully saturated rings. The molecule has 1 aromatic carbocycles. The SMILES string of the molecule is COC(=O)C(N)Cc1ccc(F)c(OC(F)(F)F)c1. The minimum Gasteiger partial charge on any atom is -0.468 e. The first-order valence-electron chi connectivity index (χ1n) is 5.10. The van der Waals surface area contributed by atoms with Crippen LogP contribution in [0.4, 0.5) is 17.6 Å². The number of ether oxygens (including phenoxy) is 2. The molecule has 0 saturated heterocycles. The maximum atomic E-state index is 13.1. The first-order chi connectivity index (χ1) is 8.73. The van der Waals surface area contributed by atoms with Gasteiger partial charge in [0.05, 0.1) is 7.11 Å². The van der Waals surface area contributed by atoms with Crippen LogP contribution in [0.3, 0.4) is 0 Å². The van der Waals surface area contributed by atoms with E-state index in [0.29, 0.717) is 0 Å². The molecule has 1 rings (SSSR count). The van der Waals surface area contributed by atoms with E-state index in [-0.39, 0.29) is 12.0 Å². The van der Waals surface area contributed by atoms with E-state index in [0.717, 1.165) is 19.2 Å². The van der Waals surface area contributed by atoms with Crippen molar-refractivity contribution in [2.24, 2.45) is 5.73 Å². The zero-order valence-corrected chi connectivity index (χ0v) is 9.83. The highest BCUT2D eigenvalue weighted by molar-refractivity contribution is 5.75. The third-order valence-corrected chi connectivity index (χ3v) is 2.18. The summed E-state index contributed by atoms with van der Waals surface area (Å²) in [4.78, 5) is 11.1. The summed E-state index contributed by atoms with van der Waals surface area (Å²) in [6.07, 6.45) is -5.09. The number of halogens is 4. The molecule has 0 aromatic heterocycles. The van der Waals surface area contributed by atoms with E-state index in [1.165, 1.54) is 6.07 Å². The Labute approximate surface area is 106 Å². The molecule has 1 unspecified atom stereocenters. The van der Waals surface area contributed by atoms with E-state index in [9.17, 15) is 22.4 Å². The standard InChI is InChI=1S/C11H11F4NO3/c1-18-10(17)8(16)4-6-2-3-7(12)9(5-6)19-11(13,14)15/h2-3,5,8H,4,16H2,1H3. The summed E-state index contributed by atoms with van der Waals surface area (Å²) < 4.78 is 57.0. The van der Waals surface area contributed by atoms with Gasteiger partial charge in [0.25, 0.3) is 0 Å². The van der Waals surface area contributed by atoms with Crippen molar-refractivity contribution in [3.05, 3.63) is 29.6 Å². The molecular weight excluding hydrogens is 270 g/mol. The van der Waals surface area contributed by atoms with Gasteiger partial charge < -0.3 is 15.2 Å². The predicted molar refractivity (Wildman–Crippen MR) is 56.8 cm³/mol. The van der Waals surface area contributed by atoms with E-state index < -0.39 is 29.9 Å². The summed E-state index contributed by atoms with van der Waals surface area (Å²) in [7, 11) is 1.13. The Balaban J connectivity index is 2.87. The highest BCUT2D eigenvalue weighted by atomic mass is 19.4. The van der Waals surface area contributed by atoms with Crippen molar-refractivity contribution < 1.29 is 31.8 Å². The minimum atomic E-state index is -5.00. The number of carbonyl (C=O) groups is 1. The number of esters is 1. The summed E-state index contributed by atoms with van der Waals surface area (Å²) >= 11 is 0. The minimum absolute atomic E-state index is 0.0961. The largest absolute Gasteiger partial charge is 0.573 e. The number of rotatable bonds is 4. The highest BCUT2D eigenvalue weighted by Crippen LogP contribution is 2.26. The topological polar surface area (TPSA) is 61.5 Å². The summed E-state index contributed by atoms with van der Waals surface area (Å²) in [5.41, 5.74) is 5.66. The molecule has 0 spiro atoms. The van der Waals surface area contributed by atoms with Crippen LogP contribution in [0.2, 0.25) is 0 Å². The normalized spacial score (nSPS) is 12.9. The van der Waals surface area contributed by atoms with Gasteiger partial charge in [0.2, 0.25) is 0 Å². The van der Waals surface area contributed by atoms with E-state index in [4.69, 9.17) is 5.73 Å². The Morgan fingerprint density at radius 2 is 2.05 bits per heavy atom. The third kappa shape index (κ3) is 4.74. The van der Waals surface area contributed by atoms with Gasteiger partial charge in [-0.2, -0.15) is 0 Å². The van der Waals surface area contributed by atoms with Crippen molar-refractivity contribution >= 4 is 5.97 Å². The molecule has 8 heteroatoms. The molecule has 1 atom stereocenters. The molecular formula is C11H11F4NO3. The highest BCUT2D eigenvalue weighted by Gasteiger charge is 2.32. The van der Waals surface area contributed by atoms with Gasteiger partial charge in [-0.05, 0) is 24.1 Å². The number of hydrogen-bond donors (Lipinski definition) is 1. The van der Waals surface area contributed by atoms with Gasteiger partial charge in [0.1, 0.15) is 6.04 Å². The third-order valence-electron chi connectivity index (χ3n) is 2.18. The zero-order chi connectivity index (χ0) is 14.6. The van der Waals surface area contributed by atoms with Crippen LogP contribution in [0.1, 0.15) is 5.56 Å². The van der Waals surface area contributed by atoms with Crippen LogP contribution in [0.15, 0.2) is 18.2 Å². The first kappa shape index (κ1) is 15.2. The molecule has 0 saturated carbocycles. The maximum Gasteiger partial charge on any atom is 0.573 e. The lowest BCUT2D eigenvalue weighted by Crippen LogP contribution is -2.33. The van der Waals surface area contributed by atoms with E-state index >= 15 is 0 Å². The molecule has 0 amide bonds. The predicted octanol–water partition coefficient (Wildman–Crippen LogP) is 1.77. The number of methoxy groups -OCH3 is 1. The van der Waals surface area contributed by atoms with Crippen LogP contribution in [-0.2, 0) is 16.0 Å². The molecule has 2 N–H and O–H groups in total. The molecule has 0 aliphatic rings. The second kappa shape index (κ2) is 5.87. The Hall–Kier alpha value is -1.83. The van der Waals surface area contributed by atoms with E-state index in [1.54, 1.807) is 0 Å². The number of benzene rings is 1. The maximum absolute atomic E-state index is 13.1. The first-order valence-corrected chi connectivity index (χ1v) is 5.10. The van der Waals surface area contributed by atoms with Crippen molar-refractivity contribution in [2.75, 3.05) is 7.11 Å². The molecule has 106 valence electrons. The molecule has 4 nitrogen and oxygen atoms in total. The fraction of sp³-hybridized carbons (Fsp3) is 0.364. The molecule has 1 aromatic rings. The average Bonchev–Trinajstić information content (AvgIpc) is 2.30. The molecule has 0 radical (unpaired) electrons. The van der Waals surface area contributed by atoms with Gasteiger partial charge in [-0.15, -0.1) is 13.2 Å². The zero-order valence-electron chi connectivity index (χ0n) is 9.83. The Morgan fingerprint density at radius 3 is 2.58 bits per heavy atom. The fourth-order valence-electron chi connectivity index (χ4n) is 1.37. The average molecular weight is 281 g/mol. The van der Waals surface area contributed by atoms with Crippen LogP contribution < -0.4 is 10.5 Å². The van der Waals surface area contributed by atoms with Crippen molar-refractivity contribution in [3.63, 3.8) is 0 Å². The van der Waals surface area contributed by atoms with E-state index in [2.05, 4.69) is 9.47 Å². The van der Waals surface area contributed by atoms with Gasteiger partial charge >= 0.3 is 12.3 Å². The van der Waals surface area contributed by atoms with Gasteiger partial charge in [-0.3, -0.25) is 4.79 Å². The fourth-order valence-corrected chi connectivity index (χ4v) is 1.37. The number of hydrogen-bond acceptors (Lipinski definition) is 4. The summed E-state index contributed by atoms with van der Waals surface area (Å²) in [5.74, 6) is -2.85. The second-order valence-electron chi connectivity index (χ2n) is 3.65. The number of alkyl halides is 3. The van der Waals surface area contributed by atoms with Crippen LogP contribution in [-0.4, -0.2) is 25.5 Å². The Bertz CT molecular complexity index is 462. The van der Waals surface area contributed by atoms with Crippen LogP contribution in [0, 0.1) is 5.82 Å². The number of nitrogens with two attached hydrogens (primary N) is 1. The Morgan fingerprint density at radius 1 is 1.42 bits per heavy atom. The van der Waals surface area contributed by atoms with Gasteiger partial charge in [-0.1, -0.05) is 6.07 Å². The lowest BCUT2D eigenvalue weighted by Gasteiger charge is -2.13. The van der Waals surface area contributed by atoms with Crippen molar-refractivity contribution in [2.45, 2.75) is 18.8 Å². The van der Waals surface area contributed by atoms with Crippen molar-refractivity contribution in [1.29, 1.82) is 0 Å². The number of carbonyl (C=O) groups excluding carboxylic acids is 1. The molecule has 0 heterocycles. The monoisotopic (exact) mass is 281 g/mol. The van der Waals surface area contributed by atoms with Crippen LogP contribution in [0.25, 0.3) is 0 Å². The smallest absolute Gasteiger partial charge is 0.468 e. The molecule has 0 aliphatic heterocycles. The van der Waals surface area contributed by atoms with Crippen molar-refractivity contribution in [1.82, 2.24) is 0 Å². The van der Waals surface area contributed by atoms with Gasteiger partial charge in [0, 0.05) is 0 Å². The molecule has 0 aliphatic carbocycles. The van der Waals surface area contributed by atoms with Crippen LogP contribution in [0.5, 0.6) is 5.75 Å².